The van der Waals surface area contributed by atoms with E-state index in [2.05, 4.69) is 10.6 Å². The molecule has 4 unspecified atom stereocenters. The molecule has 2 saturated heterocycles. The van der Waals surface area contributed by atoms with Crippen LogP contribution in [0.4, 0.5) is 38.5 Å². The third-order valence-electron chi connectivity index (χ3n) is 4.82. The van der Waals surface area contributed by atoms with E-state index in [0.29, 0.717) is 12.1 Å². The molecule has 4 atom stereocenters. The number of benzene rings is 2. The Balaban J connectivity index is 1.30. The monoisotopic (exact) mass is 456 g/mol. The van der Waals surface area contributed by atoms with E-state index in [1.54, 1.807) is 0 Å². The van der Waals surface area contributed by atoms with Crippen molar-refractivity contribution in [2.45, 2.75) is 24.4 Å². The van der Waals surface area contributed by atoms with Crippen molar-refractivity contribution in [2.24, 2.45) is 0 Å². The summed E-state index contributed by atoms with van der Waals surface area (Å²) in [5, 5.41) is 4.31. The summed E-state index contributed by atoms with van der Waals surface area (Å²) in [6.07, 6.45) is -5.31. The van der Waals surface area contributed by atoms with E-state index in [0.717, 1.165) is 24.3 Å². The van der Waals surface area contributed by atoms with Gasteiger partial charge in [0, 0.05) is 12.1 Å². The molecule has 2 aromatic carbocycles. The first kappa shape index (κ1) is 21.8. The molecular formula is C20H16F4N2O6. The SMILES string of the molecule is O=C(Nc1ccc(F)cc1F)OC1COC2C(OC(=O)Nc3ccc(F)cc3F)COC12. The summed E-state index contributed by atoms with van der Waals surface area (Å²) in [6.45, 7) is -0.161. The van der Waals surface area contributed by atoms with Crippen molar-refractivity contribution >= 4 is 23.6 Å². The van der Waals surface area contributed by atoms with E-state index in [9.17, 15) is 27.2 Å². The number of carbonyl (C=O) groups is 2. The first-order chi connectivity index (χ1) is 15.3. The van der Waals surface area contributed by atoms with Crippen LogP contribution in [0.1, 0.15) is 0 Å². The number of anilines is 2. The van der Waals surface area contributed by atoms with Crippen molar-refractivity contribution in [1.29, 1.82) is 0 Å². The number of fused-ring (bicyclic) bond motifs is 1. The Morgan fingerprint density at radius 1 is 0.750 bits per heavy atom. The largest absolute Gasteiger partial charge is 0.441 e. The molecule has 2 aliphatic rings. The van der Waals surface area contributed by atoms with Gasteiger partial charge in [-0.1, -0.05) is 0 Å². The van der Waals surface area contributed by atoms with Crippen LogP contribution in [-0.2, 0) is 18.9 Å². The molecule has 0 saturated carbocycles. The van der Waals surface area contributed by atoms with Gasteiger partial charge in [0.2, 0.25) is 0 Å². The first-order valence-corrected chi connectivity index (χ1v) is 9.39. The lowest BCUT2D eigenvalue weighted by Gasteiger charge is -2.18. The van der Waals surface area contributed by atoms with Gasteiger partial charge in [0.05, 0.1) is 24.6 Å². The maximum atomic E-state index is 13.7. The van der Waals surface area contributed by atoms with E-state index in [1.165, 1.54) is 0 Å². The molecule has 12 heteroatoms. The normalized spacial score (nSPS) is 24.0. The molecule has 2 N–H and O–H groups in total. The second-order valence-electron chi connectivity index (χ2n) is 6.98. The van der Waals surface area contributed by atoms with E-state index in [4.69, 9.17) is 18.9 Å². The van der Waals surface area contributed by atoms with Gasteiger partial charge in [0.1, 0.15) is 35.5 Å². The fourth-order valence-corrected chi connectivity index (χ4v) is 3.37. The van der Waals surface area contributed by atoms with Gasteiger partial charge in [-0.3, -0.25) is 10.6 Å². The van der Waals surface area contributed by atoms with Crippen LogP contribution in [0.2, 0.25) is 0 Å². The average Bonchev–Trinajstić information content (AvgIpc) is 3.30. The molecule has 0 bridgehead atoms. The Bertz CT molecular complexity index is 958. The van der Waals surface area contributed by atoms with E-state index >= 15 is 0 Å². The van der Waals surface area contributed by atoms with Gasteiger partial charge >= 0.3 is 12.2 Å². The molecule has 0 aliphatic carbocycles. The molecular weight excluding hydrogens is 440 g/mol. The van der Waals surface area contributed by atoms with Crippen LogP contribution in [0.3, 0.4) is 0 Å². The van der Waals surface area contributed by atoms with Crippen molar-refractivity contribution in [1.82, 2.24) is 0 Å². The van der Waals surface area contributed by atoms with Gasteiger partial charge in [0.15, 0.2) is 12.2 Å². The van der Waals surface area contributed by atoms with Gasteiger partial charge in [0.25, 0.3) is 0 Å². The topological polar surface area (TPSA) is 95.1 Å². The molecule has 2 amide bonds. The van der Waals surface area contributed by atoms with Crippen LogP contribution < -0.4 is 10.6 Å². The number of rotatable bonds is 4. The zero-order valence-electron chi connectivity index (χ0n) is 16.1. The summed E-state index contributed by atoms with van der Waals surface area (Å²) in [6, 6.07) is 5.23. The Morgan fingerprint density at radius 2 is 1.16 bits per heavy atom. The lowest BCUT2D eigenvalue weighted by molar-refractivity contribution is -0.00699. The minimum atomic E-state index is -1.01. The Morgan fingerprint density at radius 3 is 1.53 bits per heavy atom. The van der Waals surface area contributed by atoms with Crippen LogP contribution in [0.5, 0.6) is 0 Å². The Hall–Kier alpha value is -3.38. The Labute approximate surface area is 178 Å². The van der Waals surface area contributed by atoms with Crippen LogP contribution in [0.15, 0.2) is 36.4 Å². The van der Waals surface area contributed by atoms with Crippen LogP contribution in [0, 0.1) is 23.3 Å². The van der Waals surface area contributed by atoms with Gasteiger partial charge in [-0.15, -0.1) is 0 Å². The molecule has 0 aromatic heterocycles. The highest BCUT2D eigenvalue weighted by Gasteiger charge is 2.51. The first-order valence-electron chi connectivity index (χ1n) is 9.39. The minimum Gasteiger partial charge on any atom is -0.441 e. The van der Waals surface area contributed by atoms with Gasteiger partial charge in [-0.2, -0.15) is 0 Å². The van der Waals surface area contributed by atoms with E-state index in [1.807, 2.05) is 0 Å². The van der Waals surface area contributed by atoms with Crippen LogP contribution >= 0.6 is 0 Å². The number of carbonyl (C=O) groups excluding carboxylic acids is 2. The second-order valence-corrected chi connectivity index (χ2v) is 6.98. The lowest BCUT2D eigenvalue weighted by atomic mass is 10.1. The summed E-state index contributed by atoms with van der Waals surface area (Å²) in [4.78, 5) is 24.1. The summed E-state index contributed by atoms with van der Waals surface area (Å²) in [5.74, 6) is -3.55. The maximum Gasteiger partial charge on any atom is 0.412 e. The summed E-state index contributed by atoms with van der Waals surface area (Å²) < 4.78 is 74.6. The quantitative estimate of drug-likeness (QED) is 0.684. The number of hydrogen-bond acceptors (Lipinski definition) is 6. The van der Waals surface area contributed by atoms with Crippen LogP contribution in [0.25, 0.3) is 0 Å². The molecule has 0 radical (unpaired) electrons. The molecule has 2 aromatic rings. The average molecular weight is 456 g/mol. The molecule has 2 heterocycles. The van der Waals surface area contributed by atoms with Gasteiger partial charge in [-0.05, 0) is 24.3 Å². The smallest absolute Gasteiger partial charge is 0.412 e. The number of hydrogen-bond donors (Lipinski definition) is 2. The molecule has 2 fully saturated rings. The standard InChI is InChI=1S/C20H16F4N2O6/c21-9-1-3-13(11(23)5-9)25-19(27)31-15-7-29-18-16(8-30-17(15)18)32-20(28)26-14-4-2-10(22)6-12(14)24/h1-6,15-18H,7-8H2,(H,25,27)(H,26,28). The second kappa shape index (κ2) is 9.01. The number of amides is 2. The third kappa shape index (κ3) is 4.75. The molecule has 4 rings (SSSR count). The third-order valence-corrected chi connectivity index (χ3v) is 4.82. The fourth-order valence-electron chi connectivity index (χ4n) is 3.37. The molecule has 170 valence electrons. The highest BCUT2D eigenvalue weighted by molar-refractivity contribution is 5.85. The molecule has 8 nitrogen and oxygen atoms in total. The predicted octanol–water partition coefficient (Wildman–Crippen LogP) is 3.58. The number of halogens is 4. The highest BCUT2D eigenvalue weighted by atomic mass is 19.1. The summed E-state index contributed by atoms with van der Waals surface area (Å²) in [7, 11) is 0. The molecule has 32 heavy (non-hydrogen) atoms. The van der Waals surface area contributed by atoms with Gasteiger partial charge < -0.3 is 18.9 Å². The van der Waals surface area contributed by atoms with Gasteiger partial charge in [-0.25, -0.2) is 27.2 Å². The molecule has 2 aliphatic heterocycles. The fraction of sp³-hybridized carbons (Fsp3) is 0.300. The molecule has 0 spiro atoms. The van der Waals surface area contributed by atoms with Crippen LogP contribution in [-0.4, -0.2) is 49.8 Å². The number of nitrogens with one attached hydrogen (secondary N) is 2. The zero-order valence-corrected chi connectivity index (χ0v) is 16.1. The lowest BCUT2D eigenvalue weighted by Crippen LogP contribution is -2.37. The Kier molecular flexibility index (Phi) is 6.15. The summed E-state index contributed by atoms with van der Waals surface area (Å²) >= 11 is 0. The summed E-state index contributed by atoms with van der Waals surface area (Å²) in [5.41, 5.74) is -0.546. The van der Waals surface area contributed by atoms with Crippen molar-refractivity contribution < 1.29 is 46.1 Å². The maximum absolute atomic E-state index is 13.7. The number of ether oxygens (including phenoxy) is 4. The van der Waals surface area contributed by atoms with Crippen molar-refractivity contribution in [3.05, 3.63) is 59.7 Å². The van der Waals surface area contributed by atoms with Crippen molar-refractivity contribution in [2.75, 3.05) is 23.8 Å². The predicted molar refractivity (Wildman–Crippen MR) is 100.0 cm³/mol. The van der Waals surface area contributed by atoms with Crippen molar-refractivity contribution in [3.8, 4) is 0 Å². The minimum absolute atomic E-state index is 0.0806. The van der Waals surface area contributed by atoms with E-state index in [-0.39, 0.29) is 24.6 Å². The zero-order chi connectivity index (χ0) is 22.8. The highest BCUT2D eigenvalue weighted by Crippen LogP contribution is 2.31. The van der Waals surface area contributed by atoms with Crippen molar-refractivity contribution in [3.63, 3.8) is 0 Å². The van der Waals surface area contributed by atoms with E-state index < -0.39 is 59.9 Å².